The molecule has 0 aliphatic heterocycles. The van der Waals surface area contributed by atoms with Crippen molar-refractivity contribution in [2.45, 2.75) is 6.54 Å². The van der Waals surface area contributed by atoms with Crippen LogP contribution in [0.1, 0.15) is 5.56 Å². The van der Waals surface area contributed by atoms with E-state index in [0.29, 0.717) is 0 Å². The number of hydrogen-bond acceptors (Lipinski definition) is 4. The summed E-state index contributed by atoms with van der Waals surface area (Å²) < 4.78 is 5.39. The molecule has 3 rings (SSSR count). The third kappa shape index (κ3) is 2.79. The van der Waals surface area contributed by atoms with Crippen LogP contribution in [0.2, 0.25) is 0 Å². The first-order valence-corrected chi connectivity index (χ1v) is 6.83. The largest absolute Gasteiger partial charge is 0.496 e. The maximum absolute atomic E-state index is 5.39. The minimum absolute atomic E-state index is 0.719. The molecule has 0 fully saturated rings. The number of ether oxygens (including phenoxy) is 1. The molecule has 0 bridgehead atoms. The van der Waals surface area contributed by atoms with Crippen molar-refractivity contribution in [3.8, 4) is 5.75 Å². The number of fused-ring (bicyclic) bond motifs is 1. The van der Waals surface area contributed by atoms with Gasteiger partial charge in [-0.2, -0.15) is 0 Å². The molecule has 1 aromatic heterocycles. The van der Waals surface area contributed by atoms with Crippen molar-refractivity contribution in [1.82, 2.24) is 9.97 Å². The second-order valence-corrected chi connectivity index (χ2v) is 4.88. The number of para-hydroxylation sites is 3. The van der Waals surface area contributed by atoms with Gasteiger partial charge in [0.1, 0.15) is 11.6 Å². The third-order valence-electron chi connectivity index (χ3n) is 3.43. The third-order valence-corrected chi connectivity index (χ3v) is 3.43. The second-order valence-electron chi connectivity index (χ2n) is 4.88. The Morgan fingerprint density at radius 3 is 2.52 bits per heavy atom. The molecule has 4 nitrogen and oxygen atoms in total. The summed E-state index contributed by atoms with van der Waals surface area (Å²) in [5.41, 5.74) is 2.94. The van der Waals surface area contributed by atoms with Crippen molar-refractivity contribution in [1.29, 1.82) is 0 Å². The van der Waals surface area contributed by atoms with Crippen LogP contribution in [0.5, 0.6) is 5.75 Å². The van der Waals surface area contributed by atoms with E-state index in [1.54, 1.807) is 13.3 Å². The van der Waals surface area contributed by atoms with E-state index < -0.39 is 0 Å². The fraction of sp³-hybridized carbons (Fsp3) is 0.176. The van der Waals surface area contributed by atoms with Crippen LogP contribution in [0.25, 0.3) is 11.0 Å². The molecule has 0 aliphatic carbocycles. The van der Waals surface area contributed by atoms with Gasteiger partial charge in [-0.3, -0.25) is 4.98 Å². The van der Waals surface area contributed by atoms with Gasteiger partial charge in [0.2, 0.25) is 0 Å². The summed E-state index contributed by atoms with van der Waals surface area (Å²) in [6.07, 6.45) is 1.80. The lowest BCUT2D eigenvalue weighted by Crippen LogP contribution is -2.18. The molecule has 106 valence electrons. The highest BCUT2D eigenvalue weighted by Crippen LogP contribution is 2.21. The first-order chi connectivity index (χ1) is 10.3. The van der Waals surface area contributed by atoms with Crippen molar-refractivity contribution in [3.05, 3.63) is 60.3 Å². The van der Waals surface area contributed by atoms with Crippen LogP contribution >= 0.6 is 0 Å². The minimum Gasteiger partial charge on any atom is -0.496 e. The van der Waals surface area contributed by atoms with Gasteiger partial charge in [0, 0.05) is 19.2 Å². The Hall–Kier alpha value is -2.62. The van der Waals surface area contributed by atoms with Crippen LogP contribution in [0.15, 0.2) is 54.7 Å². The average molecular weight is 279 g/mol. The van der Waals surface area contributed by atoms with E-state index >= 15 is 0 Å². The summed E-state index contributed by atoms with van der Waals surface area (Å²) in [6, 6.07) is 15.9. The fourth-order valence-electron chi connectivity index (χ4n) is 2.30. The molecule has 0 saturated carbocycles. The predicted octanol–water partition coefficient (Wildman–Crippen LogP) is 3.27. The average Bonchev–Trinajstić information content (AvgIpc) is 2.55. The van der Waals surface area contributed by atoms with Crippen molar-refractivity contribution in [2.75, 3.05) is 19.1 Å². The zero-order valence-corrected chi connectivity index (χ0v) is 12.2. The van der Waals surface area contributed by atoms with E-state index in [0.717, 1.165) is 34.7 Å². The maximum atomic E-state index is 5.39. The van der Waals surface area contributed by atoms with E-state index in [4.69, 9.17) is 4.74 Å². The molecule has 4 heteroatoms. The molecule has 0 atom stereocenters. The predicted molar refractivity (Wildman–Crippen MR) is 84.6 cm³/mol. The number of rotatable bonds is 4. The van der Waals surface area contributed by atoms with Crippen LogP contribution in [-0.4, -0.2) is 24.1 Å². The van der Waals surface area contributed by atoms with Gasteiger partial charge in [-0.1, -0.05) is 30.3 Å². The number of hydrogen-bond donors (Lipinski definition) is 0. The smallest absolute Gasteiger partial charge is 0.147 e. The first kappa shape index (κ1) is 13.4. The molecule has 0 spiro atoms. The van der Waals surface area contributed by atoms with Crippen molar-refractivity contribution in [3.63, 3.8) is 0 Å². The molecule has 21 heavy (non-hydrogen) atoms. The summed E-state index contributed by atoms with van der Waals surface area (Å²) in [4.78, 5) is 11.2. The molecule has 0 saturated heterocycles. The van der Waals surface area contributed by atoms with Crippen LogP contribution in [-0.2, 0) is 6.54 Å². The highest BCUT2D eigenvalue weighted by atomic mass is 16.5. The number of anilines is 1. The van der Waals surface area contributed by atoms with Gasteiger partial charge >= 0.3 is 0 Å². The lowest BCUT2D eigenvalue weighted by atomic mass is 10.2. The Morgan fingerprint density at radius 1 is 1.00 bits per heavy atom. The van der Waals surface area contributed by atoms with Crippen molar-refractivity contribution >= 4 is 16.9 Å². The summed E-state index contributed by atoms with van der Waals surface area (Å²) in [6.45, 7) is 0.719. The lowest BCUT2D eigenvalue weighted by molar-refractivity contribution is 0.409. The van der Waals surface area contributed by atoms with Crippen LogP contribution in [0, 0.1) is 0 Å². The van der Waals surface area contributed by atoms with Gasteiger partial charge in [0.05, 0.1) is 24.3 Å². The number of benzene rings is 2. The molecule has 0 radical (unpaired) electrons. The molecule has 0 aliphatic rings. The maximum Gasteiger partial charge on any atom is 0.147 e. The normalized spacial score (nSPS) is 10.6. The van der Waals surface area contributed by atoms with E-state index in [1.807, 2.05) is 49.5 Å². The van der Waals surface area contributed by atoms with E-state index in [2.05, 4.69) is 20.9 Å². The van der Waals surface area contributed by atoms with Crippen LogP contribution in [0.4, 0.5) is 5.82 Å². The van der Waals surface area contributed by atoms with Gasteiger partial charge in [-0.05, 0) is 18.2 Å². The molecular weight excluding hydrogens is 262 g/mol. The Kier molecular flexibility index (Phi) is 3.69. The van der Waals surface area contributed by atoms with Gasteiger partial charge in [0.15, 0.2) is 0 Å². The zero-order valence-electron chi connectivity index (χ0n) is 12.2. The van der Waals surface area contributed by atoms with E-state index in [1.165, 1.54) is 0 Å². The van der Waals surface area contributed by atoms with Crippen LogP contribution < -0.4 is 9.64 Å². The highest BCUT2D eigenvalue weighted by molar-refractivity contribution is 5.75. The number of methoxy groups -OCH3 is 1. The monoisotopic (exact) mass is 279 g/mol. The van der Waals surface area contributed by atoms with Gasteiger partial charge in [-0.15, -0.1) is 0 Å². The lowest BCUT2D eigenvalue weighted by Gasteiger charge is -2.19. The molecular formula is C17H17N3O. The van der Waals surface area contributed by atoms with Crippen molar-refractivity contribution in [2.24, 2.45) is 0 Å². The standard InChI is InChI=1S/C17H17N3O/c1-20(12-13-7-3-6-10-16(13)21-2)17-11-18-14-8-4-5-9-15(14)19-17/h3-11H,12H2,1-2H3. The topological polar surface area (TPSA) is 38.2 Å². The molecule has 2 aromatic carbocycles. The molecule has 0 unspecified atom stereocenters. The fourth-order valence-corrected chi connectivity index (χ4v) is 2.30. The Morgan fingerprint density at radius 2 is 1.71 bits per heavy atom. The van der Waals surface area contributed by atoms with E-state index in [-0.39, 0.29) is 0 Å². The van der Waals surface area contributed by atoms with Crippen molar-refractivity contribution < 1.29 is 4.74 Å². The second kappa shape index (κ2) is 5.79. The minimum atomic E-state index is 0.719. The Labute approximate surface area is 124 Å². The number of nitrogens with zero attached hydrogens (tertiary/aromatic N) is 3. The summed E-state index contributed by atoms with van der Waals surface area (Å²) in [5.74, 6) is 1.73. The first-order valence-electron chi connectivity index (χ1n) is 6.83. The van der Waals surface area contributed by atoms with Crippen LogP contribution in [0.3, 0.4) is 0 Å². The molecule has 3 aromatic rings. The van der Waals surface area contributed by atoms with Gasteiger partial charge < -0.3 is 9.64 Å². The van der Waals surface area contributed by atoms with Gasteiger partial charge in [-0.25, -0.2) is 4.98 Å². The summed E-state index contributed by atoms with van der Waals surface area (Å²) >= 11 is 0. The molecule has 0 N–H and O–H groups in total. The van der Waals surface area contributed by atoms with E-state index in [9.17, 15) is 0 Å². The highest BCUT2D eigenvalue weighted by Gasteiger charge is 2.08. The number of aromatic nitrogens is 2. The zero-order chi connectivity index (χ0) is 14.7. The van der Waals surface area contributed by atoms with Gasteiger partial charge in [0.25, 0.3) is 0 Å². The summed E-state index contributed by atoms with van der Waals surface area (Å²) in [7, 11) is 3.69. The quantitative estimate of drug-likeness (QED) is 0.734. The Bertz CT molecular complexity index is 758. The Balaban J connectivity index is 1.88. The molecule has 0 amide bonds. The SMILES string of the molecule is COc1ccccc1CN(C)c1cnc2ccccc2n1. The molecule has 1 heterocycles. The summed E-state index contributed by atoms with van der Waals surface area (Å²) in [5, 5.41) is 0.